The average molecular weight is 180 g/mol. The van der Waals surface area contributed by atoms with E-state index in [1.165, 1.54) is 21.3 Å². The van der Waals surface area contributed by atoms with Crippen molar-refractivity contribution in [2.45, 2.75) is 13.1 Å². The van der Waals surface area contributed by atoms with Crippen LogP contribution in [-0.2, 0) is 13.3 Å². The lowest BCUT2D eigenvalue weighted by atomic mass is 10.7. The fourth-order valence-electron chi connectivity index (χ4n) is 0.706. The predicted molar refractivity (Wildman–Crippen MR) is 43.6 cm³/mol. The van der Waals surface area contributed by atoms with Crippen molar-refractivity contribution in [2.75, 3.05) is 21.3 Å². The zero-order valence-electron chi connectivity index (χ0n) is 7.38. The molecule has 0 aromatic carbocycles. The van der Waals surface area contributed by atoms with Gasteiger partial charge in [-0.2, -0.15) is 0 Å². The van der Waals surface area contributed by atoms with E-state index >= 15 is 0 Å². The number of hydrogen-bond donors (Lipinski definition) is 2. The van der Waals surface area contributed by atoms with E-state index in [0.29, 0.717) is 0 Å². The lowest BCUT2D eigenvalue weighted by Crippen LogP contribution is -2.62. The van der Waals surface area contributed by atoms with Crippen molar-refractivity contribution in [3.8, 4) is 0 Å². The van der Waals surface area contributed by atoms with E-state index in [2.05, 4.69) is 4.98 Å². The molecule has 0 bridgehead atoms. The predicted octanol–water partition coefficient (Wildman–Crippen LogP) is -0.744. The van der Waals surface area contributed by atoms with Crippen LogP contribution < -0.4 is 10.7 Å². The summed E-state index contributed by atoms with van der Waals surface area (Å²) in [4.78, 5) is 2.89. The topological polar surface area (TPSA) is 65.7 Å². The molecule has 0 aliphatic rings. The van der Waals surface area contributed by atoms with Gasteiger partial charge in [-0.05, 0) is 6.92 Å². The second-order valence-electron chi connectivity index (χ2n) is 2.10. The van der Waals surface area contributed by atoms with E-state index in [1.54, 1.807) is 6.92 Å². The molecular formula is C5H16N2O3Si. The van der Waals surface area contributed by atoms with Gasteiger partial charge in [-0.3, -0.25) is 4.98 Å². The van der Waals surface area contributed by atoms with Crippen molar-refractivity contribution >= 4 is 8.97 Å². The summed E-state index contributed by atoms with van der Waals surface area (Å²) in [7, 11) is 1.91. The third kappa shape index (κ3) is 3.28. The Labute approximate surface area is 68.3 Å². The summed E-state index contributed by atoms with van der Waals surface area (Å²) in [6.45, 7) is 1.79. The van der Waals surface area contributed by atoms with E-state index in [9.17, 15) is 0 Å². The molecule has 0 aliphatic heterocycles. The minimum atomic E-state index is -2.66. The molecule has 0 aromatic rings. The summed E-state index contributed by atoms with van der Waals surface area (Å²) in [6, 6.07) is 0. The molecule has 0 radical (unpaired) electrons. The maximum atomic E-state index is 5.49. The Hall–Kier alpha value is 0.0169. The van der Waals surface area contributed by atoms with Gasteiger partial charge in [0, 0.05) is 21.3 Å². The van der Waals surface area contributed by atoms with Gasteiger partial charge in [0.1, 0.15) is 0 Å². The Morgan fingerprint density at radius 2 is 1.55 bits per heavy atom. The molecule has 1 unspecified atom stereocenters. The van der Waals surface area contributed by atoms with Crippen molar-refractivity contribution in [3.63, 3.8) is 0 Å². The molecule has 0 heterocycles. The van der Waals surface area contributed by atoms with Gasteiger partial charge < -0.3 is 19.0 Å². The second kappa shape index (κ2) is 4.81. The zero-order chi connectivity index (χ0) is 8.91. The lowest BCUT2D eigenvalue weighted by molar-refractivity contribution is 0.106. The van der Waals surface area contributed by atoms with Gasteiger partial charge in [0.15, 0.2) is 0 Å². The van der Waals surface area contributed by atoms with Gasteiger partial charge in [-0.25, -0.2) is 0 Å². The molecule has 0 amide bonds. The highest BCUT2D eigenvalue weighted by Gasteiger charge is 2.39. The first-order valence-corrected chi connectivity index (χ1v) is 5.01. The van der Waals surface area contributed by atoms with Crippen LogP contribution in [0.2, 0.25) is 0 Å². The van der Waals surface area contributed by atoms with Gasteiger partial charge in [0.05, 0.1) is 6.17 Å². The number of rotatable bonds is 5. The van der Waals surface area contributed by atoms with Crippen LogP contribution in [0, 0.1) is 0 Å². The van der Waals surface area contributed by atoms with E-state index in [1.807, 2.05) is 0 Å². The third-order valence-electron chi connectivity index (χ3n) is 1.21. The van der Waals surface area contributed by atoms with Crippen LogP contribution in [0.3, 0.4) is 0 Å². The molecule has 0 fully saturated rings. The van der Waals surface area contributed by atoms with Crippen LogP contribution in [0.1, 0.15) is 6.92 Å². The van der Waals surface area contributed by atoms with Gasteiger partial charge in [0.2, 0.25) is 0 Å². The van der Waals surface area contributed by atoms with Crippen LogP contribution in [0.25, 0.3) is 0 Å². The Morgan fingerprint density at radius 1 is 1.18 bits per heavy atom. The van der Waals surface area contributed by atoms with Crippen LogP contribution in [0.4, 0.5) is 0 Å². The van der Waals surface area contributed by atoms with Crippen molar-refractivity contribution in [1.29, 1.82) is 0 Å². The summed E-state index contributed by atoms with van der Waals surface area (Å²) in [6.07, 6.45) is -0.207. The van der Waals surface area contributed by atoms with E-state index in [0.717, 1.165) is 0 Å². The summed E-state index contributed by atoms with van der Waals surface area (Å²) in [5.41, 5.74) is 5.49. The quantitative estimate of drug-likeness (QED) is 0.431. The maximum Gasteiger partial charge on any atom is 0.597 e. The van der Waals surface area contributed by atoms with Crippen LogP contribution in [-0.4, -0.2) is 36.5 Å². The van der Waals surface area contributed by atoms with Gasteiger partial charge in [0.25, 0.3) is 0 Å². The van der Waals surface area contributed by atoms with Gasteiger partial charge in [-0.15, -0.1) is 0 Å². The largest absolute Gasteiger partial charge is 0.597 e. The highest BCUT2D eigenvalue weighted by atomic mass is 28.4. The maximum absolute atomic E-state index is 5.49. The highest BCUT2D eigenvalue weighted by Crippen LogP contribution is 2.00. The first kappa shape index (κ1) is 11.0. The molecule has 68 valence electrons. The molecule has 1 atom stereocenters. The van der Waals surface area contributed by atoms with E-state index in [4.69, 9.17) is 19.0 Å². The summed E-state index contributed by atoms with van der Waals surface area (Å²) < 4.78 is 15.2. The van der Waals surface area contributed by atoms with Gasteiger partial charge >= 0.3 is 8.97 Å². The normalized spacial score (nSPS) is 15.0. The van der Waals surface area contributed by atoms with Crippen molar-refractivity contribution in [2.24, 2.45) is 5.73 Å². The smallest absolute Gasteiger partial charge is 0.364 e. The second-order valence-corrected chi connectivity index (χ2v) is 4.73. The number of nitrogens with two attached hydrogens (primary N) is 1. The molecule has 0 rings (SSSR count). The molecule has 0 spiro atoms. The fourth-order valence-corrected chi connectivity index (χ4v) is 2.12. The Balaban J connectivity index is 4.05. The van der Waals surface area contributed by atoms with E-state index in [-0.39, 0.29) is 6.17 Å². The average Bonchev–Trinajstić information content (AvgIpc) is 2.00. The minimum absolute atomic E-state index is 0.207. The Kier molecular flexibility index (Phi) is 4.81. The molecule has 0 saturated heterocycles. The molecule has 0 aliphatic carbocycles. The van der Waals surface area contributed by atoms with Crippen molar-refractivity contribution in [3.05, 3.63) is 0 Å². The van der Waals surface area contributed by atoms with Crippen LogP contribution in [0.5, 0.6) is 0 Å². The Bertz CT molecular complexity index is 99.6. The molecule has 0 aromatic heterocycles. The number of nitrogens with one attached hydrogen (secondary N) is 1. The van der Waals surface area contributed by atoms with Crippen LogP contribution >= 0.6 is 0 Å². The Morgan fingerprint density at radius 3 is 1.64 bits per heavy atom. The van der Waals surface area contributed by atoms with Gasteiger partial charge in [-0.1, -0.05) is 0 Å². The fraction of sp³-hybridized carbons (Fsp3) is 1.00. The first-order valence-electron chi connectivity index (χ1n) is 3.29. The highest BCUT2D eigenvalue weighted by molar-refractivity contribution is 6.57. The molecule has 11 heavy (non-hydrogen) atoms. The molecule has 6 heteroatoms. The lowest BCUT2D eigenvalue weighted by Gasteiger charge is -2.26. The molecule has 5 nitrogen and oxygen atoms in total. The molecule has 0 saturated carbocycles. The van der Waals surface area contributed by atoms with E-state index < -0.39 is 8.97 Å². The standard InChI is InChI=1S/C5H16N2O3Si/c1-5(6)7-11(8-2,9-3)10-4/h5,7H,6H2,1-4H3. The summed E-state index contributed by atoms with van der Waals surface area (Å²) in [5, 5.41) is 0. The zero-order valence-corrected chi connectivity index (χ0v) is 8.38. The summed E-state index contributed by atoms with van der Waals surface area (Å²) in [5.74, 6) is 0. The first-order chi connectivity index (χ1) is 5.10. The minimum Gasteiger partial charge on any atom is -0.364 e. The molecular weight excluding hydrogens is 164 g/mol. The monoisotopic (exact) mass is 180 g/mol. The van der Waals surface area contributed by atoms with Crippen molar-refractivity contribution < 1.29 is 13.3 Å². The van der Waals surface area contributed by atoms with Crippen molar-refractivity contribution in [1.82, 2.24) is 4.98 Å². The van der Waals surface area contributed by atoms with Crippen LogP contribution in [0.15, 0.2) is 0 Å². The number of hydrogen-bond acceptors (Lipinski definition) is 5. The third-order valence-corrected chi connectivity index (χ3v) is 3.63. The SMILES string of the molecule is CO[Si](NC(C)N)(OC)OC. The summed E-state index contributed by atoms with van der Waals surface area (Å²) >= 11 is 0. The molecule has 3 N–H and O–H groups in total.